The Morgan fingerprint density at radius 2 is 1.88 bits per heavy atom. The summed E-state index contributed by atoms with van der Waals surface area (Å²) in [7, 11) is 0. The number of nitrogens with zero attached hydrogens (tertiary/aromatic N) is 3. The molecule has 3 rings (SSSR count). The van der Waals surface area contributed by atoms with Crippen molar-refractivity contribution in [3.8, 4) is 0 Å². The summed E-state index contributed by atoms with van der Waals surface area (Å²) < 4.78 is 0. The van der Waals surface area contributed by atoms with E-state index in [1.165, 1.54) is 25.0 Å². The van der Waals surface area contributed by atoms with E-state index in [9.17, 15) is 0 Å². The maximum Gasteiger partial charge on any atom is 0.225 e. The molecule has 0 aliphatic carbocycles. The summed E-state index contributed by atoms with van der Waals surface area (Å²) in [5, 5.41) is 7.27. The normalized spacial score (nSPS) is 21.1. The molecule has 1 atom stereocenters. The van der Waals surface area contributed by atoms with Crippen LogP contribution >= 0.6 is 24.8 Å². The Hall–Kier alpha value is -0.620. The number of piperidine rings is 1. The van der Waals surface area contributed by atoms with Gasteiger partial charge in [0.1, 0.15) is 0 Å². The fourth-order valence-electron chi connectivity index (χ4n) is 3.68. The third kappa shape index (κ3) is 6.55. The molecule has 1 aromatic rings. The molecule has 7 heteroatoms. The monoisotopic (exact) mass is 389 g/mol. The second-order valence-corrected chi connectivity index (χ2v) is 7.52. The van der Waals surface area contributed by atoms with Crippen molar-refractivity contribution in [1.29, 1.82) is 0 Å². The number of aromatic nitrogens is 2. The van der Waals surface area contributed by atoms with Gasteiger partial charge in [-0.3, -0.25) is 0 Å². The van der Waals surface area contributed by atoms with Gasteiger partial charge in [0.25, 0.3) is 0 Å². The third-order valence-electron chi connectivity index (χ3n) is 4.79. The van der Waals surface area contributed by atoms with Crippen LogP contribution in [0.2, 0.25) is 0 Å². The maximum atomic E-state index is 4.81. The average molecular weight is 390 g/mol. The largest absolute Gasteiger partial charge is 0.339 e. The molecule has 2 aliphatic rings. The molecule has 0 amide bonds. The van der Waals surface area contributed by atoms with Crippen molar-refractivity contribution in [3.05, 3.63) is 17.5 Å². The standard InChI is InChI=1S/C18H31N5.2ClH/c1-13(2)10-17-11-14(3)20-18(22-17)23-9-6-16(12-23)21-15-4-7-19-8-5-15;;/h11,13,15-16,19,21H,4-10,12H2,1-3H3;2*1H. The van der Waals surface area contributed by atoms with E-state index < -0.39 is 0 Å². The summed E-state index contributed by atoms with van der Waals surface area (Å²) >= 11 is 0. The van der Waals surface area contributed by atoms with Gasteiger partial charge in [-0.05, 0) is 57.7 Å². The lowest BCUT2D eigenvalue weighted by molar-refractivity contribution is 0.356. The second kappa shape index (κ2) is 10.5. The number of nitrogens with one attached hydrogen (secondary N) is 2. The number of rotatable bonds is 5. The Morgan fingerprint density at radius 1 is 1.16 bits per heavy atom. The third-order valence-corrected chi connectivity index (χ3v) is 4.79. The van der Waals surface area contributed by atoms with Crippen LogP contribution < -0.4 is 15.5 Å². The molecule has 2 aliphatic heterocycles. The van der Waals surface area contributed by atoms with Gasteiger partial charge >= 0.3 is 0 Å². The van der Waals surface area contributed by atoms with Crippen molar-refractivity contribution in [1.82, 2.24) is 20.6 Å². The molecule has 0 spiro atoms. The minimum absolute atomic E-state index is 0. The number of hydrogen-bond acceptors (Lipinski definition) is 5. The molecule has 2 N–H and O–H groups in total. The van der Waals surface area contributed by atoms with Crippen LogP contribution in [0.15, 0.2) is 6.07 Å². The lowest BCUT2D eigenvalue weighted by Gasteiger charge is -2.27. The topological polar surface area (TPSA) is 53.1 Å². The van der Waals surface area contributed by atoms with Crippen molar-refractivity contribution < 1.29 is 0 Å². The van der Waals surface area contributed by atoms with E-state index in [0.717, 1.165) is 44.2 Å². The highest BCUT2D eigenvalue weighted by Crippen LogP contribution is 2.19. The van der Waals surface area contributed by atoms with E-state index >= 15 is 0 Å². The van der Waals surface area contributed by atoms with E-state index in [1.54, 1.807) is 0 Å². The van der Waals surface area contributed by atoms with Crippen molar-refractivity contribution in [2.24, 2.45) is 5.92 Å². The average Bonchev–Trinajstić information content (AvgIpc) is 2.95. The minimum Gasteiger partial charge on any atom is -0.339 e. The van der Waals surface area contributed by atoms with Gasteiger partial charge in [-0.2, -0.15) is 0 Å². The molecule has 144 valence electrons. The smallest absolute Gasteiger partial charge is 0.225 e. The molecule has 25 heavy (non-hydrogen) atoms. The second-order valence-electron chi connectivity index (χ2n) is 7.52. The Labute approximate surface area is 164 Å². The zero-order valence-electron chi connectivity index (χ0n) is 15.6. The predicted molar refractivity (Wildman–Crippen MR) is 109 cm³/mol. The first-order chi connectivity index (χ1) is 11.1. The van der Waals surface area contributed by atoms with Gasteiger partial charge in [-0.25, -0.2) is 9.97 Å². The first kappa shape index (κ1) is 22.4. The fourth-order valence-corrected chi connectivity index (χ4v) is 3.68. The minimum atomic E-state index is 0. The highest BCUT2D eigenvalue weighted by molar-refractivity contribution is 5.85. The predicted octanol–water partition coefficient (Wildman–Crippen LogP) is 2.75. The molecule has 1 unspecified atom stereocenters. The molecule has 1 aromatic heterocycles. The van der Waals surface area contributed by atoms with Crippen LogP contribution in [0.3, 0.4) is 0 Å². The summed E-state index contributed by atoms with van der Waals surface area (Å²) in [4.78, 5) is 11.9. The van der Waals surface area contributed by atoms with Crippen LogP contribution in [-0.2, 0) is 6.42 Å². The first-order valence-corrected chi connectivity index (χ1v) is 9.16. The van der Waals surface area contributed by atoms with Gasteiger partial charge in [0.2, 0.25) is 5.95 Å². The van der Waals surface area contributed by atoms with E-state index in [0.29, 0.717) is 18.0 Å². The Morgan fingerprint density at radius 3 is 2.56 bits per heavy atom. The highest BCUT2D eigenvalue weighted by Gasteiger charge is 2.27. The van der Waals surface area contributed by atoms with Gasteiger partial charge in [0.15, 0.2) is 0 Å². The van der Waals surface area contributed by atoms with Gasteiger partial charge in [-0.15, -0.1) is 24.8 Å². The Kier molecular flexibility index (Phi) is 9.43. The van der Waals surface area contributed by atoms with E-state index in [2.05, 4.69) is 47.4 Å². The summed E-state index contributed by atoms with van der Waals surface area (Å²) in [6.07, 6.45) is 4.72. The Balaban J connectivity index is 0.00000156. The lowest BCUT2D eigenvalue weighted by atomic mass is 10.1. The van der Waals surface area contributed by atoms with Crippen LogP contribution in [0, 0.1) is 12.8 Å². The molecule has 2 fully saturated rings. The van der Waals surface area contributed by atoms with Crippen LogP contribution in [0.1, 0.15) is 44.5 Å². The van der Waals surface area contributed by atoms with Crippen molar-refractivity contribution >= 4 is 30.8 Å². The van der Waals surface area contributed by atoms with Gasteiger partial charge in [0, 0.05) is 36.6 Å². The van der Waals surface area contributed by atoms with Crippen LogP contribution in [-0.4, -0.2) is 48.2 Å². The summed E-state index contributed by atoms with van der Waals surface area (Å²) in [5.41, 5.74) is 2.26. The van der Waals surface area contributed by atoms with Crippen molar-refractivity contribution in [2.45, 2.75) is 58.5 Å². The summed E-state index contributed by atoms with van der Waals surface area (Å²) in [5.74, 6) is 1.56. The molecule has 0 saturated carbocycles. The number of halogens is 2. The van der Waals surface area contributed by atoms with Gasteiger partial charge < -0.3 is 15.5 Å². The molecule has 0 bridgehead atoms. The molecule has 0 aromatic carbocycles. The zero-order chi connectivity index (χ0) is 16.2. The molecular formula is C18H33Cl2N5. The summed E-state index contributed by atoms with van der Waals surface area (Å²) in [6.45, 7) is 11.0. The molecule has 2 saturated heterocycles. The zero-order valence-corrected chi connectivity index (χ0v) is 17.3. The fraction of sp³-hybridized carbons (Fsp3) is 0.778. The van der Waals surface area contributed by atoms with Crippen LogP contribution in [0.5, 0.6) is 0 Å². The van der Waals surface area contributed by atoms with E-state index in [1.807, 2.05) is 0 Å². The van der Waals surface area contributed by atoms with Crippen molar-refractivity contribution in [3.63, 3.8) is 0 Å². The highest BCUT2D eigenvalue weighted by atomic mass is 35.5. The van der Waals surface area contributed by atoms with Gasteiger partial charge in [0.05, 0.1) is 0 Å². The number of aryl methyl sites for hydroxylation is 1. The molecule has 3 heterocycles. The van der Waals surface area contributed by atoms with E-state index in [4.69, 9.17) is 4.98 Å². The van der Waals surface area contributed by atoms with Crippen molar-refractivity contribution in [2.75, 3.05) is 31.1 Å². The number of hydrogen-bond donors (Lipinski definition) is 2. The summed E-state index contributed by atoms with van der Waals surface area (Å²) in [6, 6.07) is 3.39. The van der Waals surface area contributed by atoms with E-state index in [-0.39, 0.29) is 24.8 Å². The number of anilines is 1. The molecular weight excluding hydrogens is 357 g/mol. The van der Waals surface area contributed by atoms with Crippen LogP contribution in [0.4, 0.5) is 5.95 Å². The SMILES string of the molecule is Cc1cc(CC(C)C)nc(N2CCC(NC3CCNCC3)C2)n1.Cl.Cl. The quantitative estimate of drug-likeness (QED) is 0.810. The molecule has 0 radical (unpaired) electrons. The lowest BCUT2D eigenvalue weighted by Crippen LogP contribution is -2.45. The van der Waals surface area contributed by atoms with Crippen LogP contribution in [0.25, 0.3) is 0 Å². The first-order valence-electron chi connectivity index (χ1n) is 9.16. The maximum absolute atomic E-state index is 4.81. The molecule has 5 nitrogen and oxygen atoms in total. The Bertz CT molecular complexity index is 520. The van der Waals surface area contributed by atoms with Gasteiger partial charge in [-0.1, -0.05) is 13.8 Å².